The molecule has 0 aliphatic carbocycles. The van der Waals surface area contributed by atoms with Crippen molar-refractivity contribution in [2.75, 3.05) is 24.5 Å². The second-order valence-electron chi connectivity index (χ2n) is 5.51. The molecule has 1 aliphatic heterocycles. The molecule has 1 aromatic carbocycles. The van der Waals surface area contributed by atoms with Crippen LogP contribution in [-0.2, 0) is 12.8 Å². The first kappa shape index (κ1) is 14.6. The van der Waals surface area contributed by atoms with E-state index in [0.29, 0.717) is 6.54 Å². The maximum absolute atomic E-state index is 12.0. The molecule has 1 aliphatic rings. The number of carbonyl (C=O) groups excluding carboxylic acids is 1. The van der Waals surface area contributed by atoms with Gasteiger partial charge in [-0.1, -0.05) is 30.3 Å². The Morgan fingerprint density at radius 2 is 2.27 bits per heavy atom. The van der Waals surface area contributed by atoms with E-state index in [0.717, 1.165) is 38.0 Å². The minimum absolute atomic E-state index is 0.197. The number of nitrogens with zero attached hydrogens (tertiary/aromatic N) is 2. The first-order chi connectivity index (χ1) is 10.8. The van der Waals surface area contributed by atoms with Gasteiger partial charge < -0.3 is 14.7 Å². The number of hydrogen-bond donors (Lipinski definition) is 1. The molecule has 116 valence electrons. The fraction of sp³-hybridized carbons (Fsp3) is 0.412. The number of amides is 1. The number of para-hydroxylation sites is 1. The molecule has 0 atom stereocenters. The summed E-state index contributed by atoms with van der Waals surface area (Å²) in [5.74, 6) is 0.0911. The Kier molecular flexibility index (Phi) is 4.42. The molecule has 2 aromatic rings. The summed E-state index contributed by atoms with van der Waals surface area (Å²) in [5.41, 5.74) is 3.48. The monoisotopic (exact) mass is 299 g/mol. The summed E-state index contributed by atoms with van der Waals surface area (Å²) >= 11 is 0. The van der Waals surface area contributed by atoms with Crippen molar-refractivity contribution in [2.24, 2.45) is 0 Å². The van der Waals surface area contributed by atoms with Crippen LogP contribution in [0.4, 0.5) is 5.69 Å². The highest BCUT2D eigenvalue weighted by molar-refractivity contribution is 5.91. The molecule has 5 nitrogen and oxygen atoms in total. The quantitative estimate of drug-likeness (QED) is 0.921. The predicted octanol–water partition coefficient (Wildman–Crippen LogP) is 2.42. The Hall–Kier alpha value is -2.30. The average molecular weight is 299 g/mol. The lowest BCUT2D eigenvalue weighted by atomic mass is 10.0. The van der Waals surface area contributed by atoms with Gasteiger partial charge in [0.15, 0.2) is 0 Å². The molecule has 0 unspecified atom stereocenters. The minimum Gasteiger partial charge on any atom is -0.370 e. The van der Waals surface area contributed by atoms with E-state index in [-0.39, 0.29) is 11.7 Å². The fourth-order valence-corrected chi connectivity index (χ4v) is 2.82. The molecule has 0 saturated heterocycles. The molecule has 0 bridgehead atoms. The summed E-state index contributed by atoms with van der Waals surface area (Å²) in [6.07, 6.45) is 3.06. The largest absolute Gasteiger partial charge is 0.370 e. The molecule has 5 heteroatoms. The fourth-order valence-electron chi connectivity index (χ4n) is 2.82. The molecule has 3 rings (SSSR count). The van der Waals surface area contributed by atoms with Gasteiger partial charge in [0.25, 0.3) is 5.91 Å². The SMILES string of the molecule is CCc1cc(C(=O)NCCN2CCCc3ccccc32)on1. The third-order valence-electron chi connectivity index (χ3n) is 4.02. The Balaban J connectivity index is 1.54. The first-order valence-corrected chi connectivity index (χ1v) is 7.84. The molecule has 2 heterocycles. The van der Waals surface area contributed by atoms with E-state index in [2.05, 4.69) is 39.6 Å². The van der Waals surface area contributed by atoms with Crippen LogP contribution in [0.2, 0.25) is 0 Å². The standard InChI is InChI=1S/C17H21N3O2/c1-2-14-12-16(22-19-14)17(21)18-9-11-20-10-5-7-13-6-3-4-8-15(13)20/h3-4,6,8,12H,2,5,7,9-11H2,1H3,(H,18,21). The van der Waals surface area contributed by atoms with E-state index in [4.69, 9.17) is 4.52 Å². The van der Waals surface area contributed by atoms with Crippen molar-refractivity contribution in [1.29, 1.82) is 0 Å². The van der Waals surface area contributed by atoms with Crippen molar-refractivity contribution < 1.29 is 9.32 Å². The molecular formula is C17H21N3O2. The molecule has 1 aromatic heterocycles. The second-order valence-corrected chi connectivity index (χ2v) is 5.51. The zero-order valence-electron chi connectivity index (χ0n) is 12.8. The normalized spacial score (nSPS) is 13.8. The van der Waals surface area contributed by atoms with Crippen LogP contribution >= 0.6 is 0 Å². The lowest BCUT2D eigenvalue weighted by Gasteiger charge is -2.31. The summed E-state index contributed by atoms with van der Waals surface area (Å²) in [5, 5.41) is 6.74. The summed E-state index contributed by atoms with van der Waals surface area (Å²) in [6.45, 7) is 4.41. The zero-order valence-corrected chi connectivity index (χ0v) is 12.8. The van der Waals surface area contributed by atoms with Crippen molar-refractivity contribution >= 4 is 11.6 Å². The average Bonchev–Trinajstić information content (AvgIpc) is 3.04. The highest BCUT2D eigenvalue weighted by Gasteiger charge is 2.17. The number of aromatic nitrogens is 1. The van der Waals surface area contributed by atoms with Gasteiger partial charge in [0.2, 0.25) is 5.76 Å². The van der Waals surface area contributed by atoms with Crippen LogP contribution < -0.4 is 10.2 Å². The van der Waals surface area contributed by atoms with Gasteiger partial charge in [0.1, 0.15) is 0 Å². The Labute approximate surface area is 130 Å². The molecule has 1 N–H and O–H groups in total. The van der Waals surface area contributed by atoms with Crippen LogP contribution in [0.25, 0.3) is 0 Å². The number of carbonyl (C=O) groups is 1. The van der Waals surface area contributed by atoms with Gasteiger partial charge in [-0.3, -0.25) is 4.79 Å². The van der Waals surface area contributed by atoms with E-state index < -0.39 is 0 Å². The van der Waals surface area contributed by atoms with E-state index in [1.165, 1.54) is 11.3 Å². The van der Waals surface area contributed by atoms with Gasteiger partial charge in [-0.05, 0) is 30.9 Å². The number of nitrogens with one attached hydrogen (secondary N) is 1. The first-order valence-electron chi connectivity index (χ1n) is 7.84. The highest BCUT2D eigenvalue weighted by Crippen LogP contribution is 2.25. The van der Waals surface area contributed by atoms with Crippen LogP contribution in [0.1, 0.15) is 35.2 Å². The summed E-state index contributed by atoms with van der Waals surface area (Å²) in [6, 6.07) is 10.2. The number of aryl methyl sites for hydroxylation is 2. The van der Waals surface area contributed by atoms with E-state index in [1.54, 1.807) is 6.07 Å². The number of fused-ring (bicyclic) bond motifs is 1. The third kappa shape index (κ3) is 3.13. The molecule has 1 amide bonds. The zero-order chi connectivity index (χ0) is 15.4. The topological polar surface area (TPSA) is 58.4 Å². The highest BCUT2D eigenvalue weighted by atomic mass is 16.5. The van der Waals surface area contributed by atoms with E-state index in [9.17, 15) is 4.79 Å². The van der Waals surface area contributed by atoms with Gasteiger partial charge >= 0.3 is 0 Å². The Morgan fingerprint density at radius 1 is 1.41 bits per heavy atom. The van der Waals surface area contributed by atoms with Crippen molar-refractivity contribution in [3.05, 3.63) is 47.3 Å². The second kappa shape index (κ2) is 6.64. The number of rotatable bonds is 5. The smallest absolute Gasteiger partial charge is 0.289 e. The predicted molar refractivity (Wildman–Crippen MR) is 85.2 cm³/mol. The van der Waals surface area contributed by atoms with Crippen molar-refractivity contribution in [1.82, 2.24) is 10.5 Å². The Bertz CT molecular complexity index is 651. The summed E-state index contributed by atoms with van der Waals surface area (Å²) in [4.78, 5) is 14.3. The molecule has 0 radical (unpaired) electrons. The van der Waals surface area contributed by atoms with Gasteiger partial charge in [-0.15, -0.1) is 0 Å². The van der Waals surface area contributed by atoms with Crippen molar-refractivity contribution in [2.45, 2.75) is 26.2 Å². The van der Waals surface area contributed by atoms with Crippen molar-refractivity contribution in [3.8, 4) is 0 Å². The van der Waals surface area contributed by atoms with Gasteiger partial charge in [0, 0.05) is 31.4 Å². The molecular weight excluding hydrogens is 278 g/mol. The van der Waals surface area contributed by atoms with Gasteiger partial charge in [0.05, 0.1) is 5.69 Å². The van der Waals surface area contributed by atoms with Crippen LogP contribution in [0.15, 0.2) is 34.9 Å². The number of hydrogen-bond acceptors (Lipinski definition) is 4. The minimum atomic E-state index is -0.197. The maximum Gasteiger partial charge on any atom is 0.289 e. The lowest BCUT2D eigenvalue weighted by molar-refractivity contribution is 0.0917. The van der Waals surface area contributed by atoms with Crippen LogP contribution in [0, 0.1) is 0 Å². The number of anilines is 1. The molecule has 22 heavy (non-hydrogen) atoms. The molecule has 0 spiro atoms. The van der Waals surface area contributed by atoms with Crippen LogP contribution in [0.5, 0.6) is 0 Å². The summed E-state index contributed by atoms with van der Waals surface area (Å²) in [7, 11) is 0. The Morgan fingerprint density at radius 3 is 3.09 bits per heavy atom. The van der Waals surface area contributed by atoms with E-state index in [1.807, 2.05) is 6.92 Å². The lowest BCUT2D eigenvalue weighted by Crippen LogP contribution is -2.37. The van der Waals surface area contributed by atoms with Crippen molar-refractivity contribution in [3.63, 3.8) is 0 Å². The van der Waals surface area contributed by atoms with Gasteiger partial charge in [-0.25, -0.2) is 0 Å². The van der Waals surface area contributed by atoms with Crippen LogP contribution in [0.3, 0.4) is 0 Å². The third-order valence-corrected chi connectivity index (χ3v) is 4.02. The maximum atomic E-state index is 12.0. The van der Waals surface area contributed by atoms with Gasteiger partial charge in [-0.2, -0.15) is 0 Å². The molecule has 0 fully saturated rings. The van der Waals surface area contributed by atoms with E-state index >= 15 is 0 Å². The molecule has 0 saturated carbocycles. The summed E-state index contributed by atoms with van der Waals surface area (Å²) < 4.78 is 5.04. The number of benzene rings is 1. The van der Waals surface area contributed by atoms with Crippen LogP contribution in [-0.4, -0.2) is 30.7 Å².